The quantitative estimate of drug-likeness (QED) is 0.810. The number of aryl methyl sites for hydroxylation is 2. The molecule has 2 N–H and O–H groups in total. The SMILES string of the molecule is Cc1ccc(C(C)(O)CNCc2cn(C)c(=O)n(C)c2=O)o1. The van der Waals surface area contributed by atoms with Crippen molar-refractivity contribution in [2.45, 2.75) is 26.0 Å². The molecule has 2 heterocycles. The van der Waals surface area contributed by atoms with Gasteiger partial charge >= 0.3 is 5.69 Å². The molecule has 1 atom stereocenters. The van der Waals surface area contributed by atoms with Gasteiger partial charge in [0.05, 0.1) is 0 Å². The second-order valence-corrected chi connectivity index (χ2v) is 5.70. The van der Waals surface area contributed by atoms with Crippen molar-refractivity contribution in [1.29, 1.82) is 0 Å². The number of furan rings is 1. The van der Waals surface area contributed by atoms with Gasteiger partial charge in [-0.05, 0) is 26.0 Å². The van der Waals surface area contributed by atoms with Gasteiger partial charge in [0.2, 0.25) is 0 Å². The van der Waals surface area contributed by atoms with E-state index in [1.54, 1.807) is 33.0 Å². The lowest BCUT2D eigenvalue weighted by Crippen LogP contribution is -2.41. The summed E-state index contributed by atoms with van der Waals surface area (Å²) in [5.41, 5.74) is -1.44. The molecule has 0 aliphatic rings. The van der Waals surface area contributed by atoms with E-state index in [0.717, 1.165) is 10.3 Å². The Morgan fingerprint density at radius 3 is 2.59 bits per heavy atom. The van der Waals surface area contributed by atoms with Crippen LogP contribution in [0.15, 0.2) is 32.3 Å². The fourth-order valence-electron chi connectivity index (χ4n) is 2.26. The van der Waals surface area contributed by atoms with Crippen LogP contribution < -0.4 is 16.6 Å². The molecule has 0 fully saturated rings. The molecule has 120 valence electrons. The number of nitrogens with one attached hydrogen (secondary N) is 1. The zero-order chi connectivity index (χ0) is 16.5. The van der Waals surface area contributed by atoms with Crippen LogP contribution in [0.2, 0.25) is 0 Å². The number of aromatic nitrogens is 2. The molecule has 7 heteroatoms. The maximum absolute atomic E-state index is 12.0. The molecule has 0 bridgehead atoms. The summed E-state index contributed by atoms with van der Waals surface area (Å²) in [5.74, 6) is 1.19. The largest absolute Gasteiger partial charge is 0.463 e. The number of nitrogens with zero attached hydrogens (tertiary/aromatic N) is 2. The van der Waals surface area contributed by atoms with Crippen LogP contribution in [-0.2, 0) is 26.2 Å². The predicted molar refractivity (Wildman–Crippen MR) is 81.6 cm³/mol. The molecule has 0 spiro atoms. The highest BCUT2D eigenvalue weighted by atomic mass is 16.4. The van der Waals surface area contributed by atoms with Gasteiger partial charge in [0, 0.05) is 38.9 Å². The van der Waals surface area contributed by atoms with Gasteiger partial charge in [-0.2, -0.15) is 0 Å². The average molecular weight is 307 g/mol. The Balaban J connectivity index is 2.09. The predicted octanol–water partition coefficient (Wildman–Crippen LogP) is -0.0173. The molecule has 7 nitrogen and oxygen atoms in total. The first kappa shape index (κ1) is 16.3. The van der Waals surface area contributed by atoms with E-state index in [4.69, 9.17) is 4.42 Å². The molecule has 22 heavy (non-hydrogen) atoms. The second-order valence-electron chi connectivity index (χ2n) is 5.70. The normalized spacial score (nSPS) is 14.0. The maximum Gasteiger partial charge on any atom is 0.330 e. The molecule has 2 aromatic heterocycles. The van der Waals surface area contributed by atoms with Gasteiger partial charge in [-0.15, -0.1) is 0 Å². The van der Waals surface area contributed by atoms with Crippen molar-refractivity contribution in [2.24, 2.45) is 14.1 Å². The van der Waals surface area contributed by atoms with E-state index in [0.29, 0.717) is 11.3 Å². The molecule has 1 unspecified atom stereocenters. The number of hydrogen-bond acceptors (Lipinski definition) is 5. The third-order valence-corrected chi connectivity index (χ3v) is 3.57. The van der Waals surface area contributed by atoms with Crippen molar-refractivity contribution >= 4 is 0 Å². The summed E-state index contributed by atoms with van der Waals surface area (Å²) < 4.78 is 7.84. The third kappa shape index (κ3) is 3.20. The fourth-order valence-corrected chi connectivity index (χ4v) is 2.26. The van der Waals surface area contributed by atoms with Gasteiger partial charge < -0.3 is 19.4 Å². The van der Waals surface area contributed by atoms with Crippen LogP contribution in [-0.4, -0.2) is 20.8 Å². The minimum atomic E-state index is -1.18. The van der Waals surface area contributed by atoms with Crippen LogP contribution in [0.4, 0.5) is 0 Å². The highest BCUT2D eigenvalue weighted by molar-refractivity contribution is 5.13. The van der Waals surface area contributed by atoms with Crippen LogP contribution in [0.25, 0.3) is 0 Å². The molecular formula is C15H21N3O4. The average Bonchev–Trinajstić information content (AvgIpc) is 2.89. The Hall–Kier alpha value is -2.12. The number of hydrogen-bond donors (Lipinski definition) is 2. The topological polar surface area (TPSA) is 89.4 Å². The molecule has 0 aliphatic carbocycles. The van der Waals surface area contributed by atoms with E-state index < -0.39 is 5.60 Å². The first-order chi connectivity index (χ1) is 10.2. The van der Waals surface area contributed by atoms with Gasteiger partial charge in [0.15, 0.2) is 0 Å². The van der Waals surface area contributed by atoms with Gasteiger partial charge in [0.25, 0.3) is 5.56 Å². The van der Waals surface area contributed by atoms with E-state index in [2.05, 4.69) is 5.32 Å². The summed E-state index contributed by atoms with van der Waals surface area (Å²) >= 11 is 0. The molecule has 0 saturated carbocycles. The monoisotopic (exact) mass is 307 g/mol. The van der Waals surface area contributed by atoms with Crippen LogP contribution >= 0.6 is 0 Å². The molecule has 0 aliphatic heterocycles. The summed E-state index contributed by atoms with van der Waals surface area (Å²) in [6.07, 6.45) is 1.50. The van der Waals surface area contributed by atoms with E-state index in [-0.39, 0.29) is 24.3 Å². The molecule has 2 rings (SSSR count). The van der Waals surface area contributed by atoms with Crippen molar-refractivity contribution in [1.82, 2.24) is 14.5 Å². The Morgan fingerprint density at radius 1 is 1.32 bits per heavy atom. The van der Waals surface area contributed by atoms with E-state index >= 15 is 0 Å². The van der Waals surface area contributed by atoms with E-state index in [1.807, 2.05) is 0 Å². The highest BCUT2D eigenvalue weighted by Gasteiger charge is 2.26. The summed E-state index contributed by atoms with van der Waals surface area (Å²) in [5, 5.41) is 13.4. The lowest BCUT2D eigenvalue weighted by molar-refractivity contribution is 0.0332. The zero-order valence-corrected chi connectivity index (χ0v) is 13.2. The standard InChI is InChI=1S/C15H21N3O4/c1-10-5-6-12(22-10)15(2,21)9-16-7-11-8-17(3)14(20)18(4)13(11)19/h5-6,8,16,21H,7,9H2,1-4H3. The van der Waals surface area contributed by atoms with Crippen LogP contribution in [0, 0.1) is 6.92 Å². The van der Waals surface area contributed by atoms with Crippen LogP contribution in [0.3, 0.4) is 0 Å². The molecule has 2 aromatic rings. The van der Waals surface area contributed by atoms with Crippen molar-refractivity contribution < 1.29 is 9.52 Å². The fraction of sp³-hybridized carbons (Fsp3) is 0.467. The smallest absolute Gasteiger partial charge is 0.330 e. The zero-order valence-electron chi connectivity index (χ0n) is 13.2. The molecule has 0 aromatic carbocycles. The summed E-state index contributed by atoms with van der Waals surface area (Å²) in [4.78, 5) is 23.6. The Labute approximate surface area is 127 Å². The highest BCUT2D eigenvalue weighted by Crippen LogP contribution is 2.21. The maximum atomic E-state index is 12.0. The lowest BCUT2D eigenvalue weighted by Gasteiger charge is -2.21. The van der Waals surface area contributed by atoms with Crippen LogP contribution in [0.5, 0.6) is 0 Å². The Kier molecular flexibility index (Phi) is 4.39. The molecule has 0 radical (unpaired) electrons. The number of aliphatic hydroxyl groups is 1. The van der Waals surface area contributed by atoms with E-state index in [1.165, 1.54) is 17.8 Å². The second kappa shape index (κ2) is 5.94. The molecule has 0 amide bonds. The third-order valence-electron chi connectivity index (χ3n) is 3.57. The summed E-state index contributed by atoms with van der Waals surface area (Å²) in [7, 11) is 3.03. The number of rotatable bonds is 5. The van der Waals surface area contributed by atoms with Gasteiger partial charge in [-0.3, -0.25) is 9.36 Å². The Morgan fingerprint density at radius 2 is 2.00 bits per heavy atom. The summed E-state index contributed by atoms with van der Waals surface area (Å²) in [6.45, 7) is 3.90. The van der Waals surface area contributed by atoms with Crippen molar-refractivity contribution in [3.05, 3.63) is 56.3 Å². The Bertz CT molecular complexity index is 783. The van der Waals surface area contributed by atoms with Crippen molar-refractivity contribution in [3.8, 4) is 0 Å². The first-order valence-electron chi connectivity index (χ1n) is 6.98. The van der Waals surface area contributed by atoms with Gasteiger partial charge in [-0.1, -0.05) is 0 Å². The van der Waals surface area contributed by atoms with Crippen LogP contribution in [0.1, 0.15) is 24.0 Å². The van der Waals surface area contributed by atoms with Crippen molar-refractivity contribution in [2.75, 3.05) is 6.54 Å². The molecule has 0 saturated heterocycles. The minimum absolute atomic E-state index is 0.214. The lowest BCUT2D eigenvalue weighted by atomic mass is 10.0. The summed E-state index contributed by atoms with van der Waals surface area (Å²) in [6, 6.07) is 3.51. The van der Waals surface area contributed by atoms with Crippen molar-refractivity contribution in [3.63, 3.8) is 0 Å². The van der Waals surface area contributed by atoms with E-state index in [9.17, 15) is 14.7 Å². The van der Waals surface area contributed by atoms with Gasteiger partial charge in [0.1, 0.15) is 17.1 Å². The molecular weight excluding hydrogens is 286 g/mol. The minimum Gasteiger partial charge on any atom is -0.463 e. The van der Waals surface area contributed by atoms with Gasteiger partial charge in [-0.25, -0.2) is 4.79 Å². The first-order valence-corrected chi connectivity index (χ1v) is 6.98.